The quantitative estimate of drug-likeness (QED) is 0.631. The summed E-state index contributed by atoms with van der Waals surface area (Å²) in [6, 6.07) is 15.3. The molecule has 5 nitrogen and oxygen atoms in total. The fraction of sp³-hybridized carbons (Fsp3) is 0.105. The maximum Gasteiger partial charge on any atom is 0.275 e. The van der Waals surface area contributed by atoms with Crippen LogP contribution in [0.1, 0.15) is 16.1 Å². The normalized spacial score (nSPS) is 10.5. The van der Waals surface area contributed by atoms with Crippen molar-refractivity contribution < 1.29 is 9.59 Å². The first-order valence-electron chi connectivity index (χ1n) is 7.87. The van der Waals surface area contributed by atoms with Crippen molar-refractivity contribution in [1.82, 2.24) is 4.98 Å². The zero-order chi connectivity index (χ0) is 18.5. The number of primary amides is 1. The molecule has 0 unspecified atom stereocenters. The number of rotatable bonds is 6. The molecule has 7 heteroatoms. The van der Waals surface area contributed by atoms with Crippen LogP contribution in [-0.2, 0) is 4.79 Å². The van der Waals surface area contributed by atoms with Crippen molar-refractivity contribution in [1.29, 1.82) is 0 Å². The van der Waals surface area contributed by atoms with Crippen LogP contribution in [0.15, 0.2) is 58.8 Å². The first-order valence-corrected chi connectivity index (χ1v) is 9.73. The van der Waals surface area contributed by atoms with E-state index in [4.69, 9.17) is 5.73 Å². The molecule has 2 amide bonds. The molecular formula is C19H17N3O2S2. The summed E-state index contributed by atoms with van der Waals surface area (Å²) in [5.74, 6) is -0.536. The molecule has 0 bridgehead atoms. The summed E-state index contributed by atoms with van der Waals surface area (Å²) in [4.78, 5) is 28.7. The van der Waals surface area contributed by atoms with Gasteiger partial charge in [0.25, 0.3) is 5.91 Å². The van der Waals surface area contributed by atoms with E-state index in [1.54, 1.807) is 11.4 Å². The van der Waals surface area contributed by atoms with Crippen LogP contribution in [0.5, 0.6) is 0 Å². The number of carbonyl (C=O) groups is 2. The molecule has 0 aliphatic heterocycles. The standard InChI is InChI=1S/C19H17N3O2S2/c1-12-6-8-13(9-7-12)19-22-15(10-26-19)18(24)21-14-4-2-3-5-16(14)25-11-17(20)23/h2-10H,11H2,1H3,(H2,20,23)(H,21,24). The minimum atomic E-state index is -0.404. The Labute approximate surface area is 159 Å². The first-order chi connectivity index (χ1) is 12.5. The highest BCUT2D eigenvalue weighted by molar-refractivity contribution is 8.00. The lowest BCUT2D eigenvalue weighted by atomic mass is 10.2. The smallest absolute Gasteiger partial charge is 0.275 e. The molecule has 0 aliphatic rings. The topological polar surface area (TPSA) is 85.1 Å². The number of nitrogens with one attached hydrogen (secondary N) is 1. The zero-order valence-electron chi connectivity index (χ0n) is 14.1. The highest BCUT2D eigenvalue weighted by Crippen LogP contribution is 2.28. The number of aromatic nitrogens is 1. The molecule has 0 fully saturated rings. The zero-order valence-corrected chi connectivity index (χ0v) is 15.7. The molecule has 26 heavy (non-hydrogen) atoms. The molecule has 2 aromatic carbocycles. The largest absolute Gasteiger partial charge is 0.369 e. The van der Waals surface area contributed by atoms with Crippen molar-refractivity contribution in [3.63, 3.8) is 0 Å². The van der Waals surface area contributed by atoms with Gasteiger partial charge in [0, 0.05) is 15.8 Å². The predicted octanol–water partition coefficient (Wildman–Crippen LogP) is 3.95. The van der Waals surface area contributed by atoms with Crippen molar-refractivity contribution in [2.75, 3.05) is 11.1 Å². The van der Waals surface area contributed by atoms with Crippen LogP contribution in [0.25, 0.3) is 10.6 Å². The molecule has 3 N–H and O–H groups in total. The fourth-order valence-corrected chi connectivity index (χ4v) is 3.79. The van der Waals surface area contributed by atoms with Crippen molar-refractivity contribution in [3.8, 4) is 10.6 Å². The highest BCUT2D eigenvalue weighted by Gasteiger charge is 2.14. The SMILES string of the molecule is Cc1ccc(-c2nc(C(=O)Nc3ccccc3SCC(N)=O)cs2)cc1. The number of hydrogen-bond acceptors (Lipinski definition) is 5. The van der Waals surface area contributed by atoms with Crippen LogP contribution in [0.4, 0.5) is 5.69 Å². The van der Waals surface area contributed by atoms with E-state index in [2.05, 4.69) is 10.3 Å². The van der Waals surface area contributed by atoms with Crippen molar-refractivity contribution >= 4 is 40.6 Å². The Morgan fingerprint density at radius 2 is 1.88 bits per heavy atom. The Morgan fingerprint density at radius 3 is 2.62 bits per heavy atom. The van der Waals surface area contributed by atoms with E-state index < -0.39 is 5.91 Å². The molecule has 3 rings (SSSR count). The van der Waals surface area contributed by atoms with E-state index in [1.807, 2.05) is 49.4 Å². The Bertz CT molecular complexity index is 936. The summed E-state index contributed by atoms with van der Waals surface area (Å²) in [6.45, 7) is 2.03. The number of thiazole rings is 1. The van der Waals surface area contributed by atoms with Crippen molar-refractivity contribution in [2.24, 2.45) is 5.73 Å². The van der Waals surface area contributed by atoms with Gasteiger partial charge in [0.1, 0.15) is 10.7 Å². The summed E-state index contributed by atoms with van der Waals surface area (Å²) in [5, 5.41) is 5.39. The molecule has 1 aromatic heterocycles. The lowest BCUT2D eigenvalue weighted by Gasteiger charge is -2.09. The van der Waals surface area contributed by atoms with Crippen molar-refractivity contribution in [3.05, 3.63) is 65.2 Å². The van der Waals surface area contributed by atoms with Crippen molar-refractivity contribution in [2.45, 2.75) is 11.8 Å². The summed E-state index contributed by atoms with van der Waals surface area (Å²) >= 11 is 2.72. The van der Waals surface area contributed by atoms with Crippen LogP contribution >= 0.6 is 23.1 Å². The van der Waals surface area contributed by atoms with E-state index in [-0.39, 0.29) is 11.7 Å². The molecular weight excluding hydrogens is 366 g/mol. The van der Waals surface area contributed by atoms with Gasteiger partial charge in [0.05, 0.1) is 11.4 Å². The molecule has 0 aliphatic carbocycles. The second-order valence-corrected chi connectivity index (χ2v) is 7.48. The molecule has 3 aromatic rings. The van der Waals surface area contributed by atoms with Gasteiger partial charge in [-0.3, -0.25) is 9.59 Å². The summed E-state index contributed by atoms with van der Waals surface area (Å²) in [6.07, 6.45) is 0. The third kappa shape index (κ3) is 4.50. The van der Waals surface area contributed by atoms with Gasteiger partial charge in [-0.25, -0.2) is 4.98 Å². The van der Waals surface area contributed by atoms with E-state index in [0.29, 0.717) is 11.4 Å². The van der Waals surface area contributed by atoms with E-state index >= 15 is 0 Å². The van der Waals surface area contributed by atoms with Gasteiger partial charge < -0.3 is 11.1 Å². The molecule has 0 saturated carbocycles. The van der Waals surface area contributed by atoms with Crippen LogP contribution in [0.2, 0.25) is 0 Å². The number of thioether (sulfide) groups is 1. The molecule has 1 heterocycles. The summed E-state index contributed by atoms with van der Waals surface area (Å²) < 4.78 is 0. The summed E-state index contributed by atoms with van der Waals surface area (Å²) in [5.41, 5.74) is 8.35. The number of amides is 2. The number of nitrogens with zero attached hydrogens (tertiary/aromatic N) is 1. The maximum absolute atomic E-state index is 12.5. The number of anilines is 1. The first kappa shape index (κ1) is 18.2. The Balaban J connectivity index is 1.75. The average Bonchev–Trinajstić information content (AvgIpc) is 3.12. The predicted molar refractivity (Wildman–Crippen MR) is 107 cm³/mol. The lowest BCUT2D eigenvalue weighted by Crippen LogP contribution is -2.15. The monoisotopic (exact) mass is 383 g/mol. The number of nitrogens with two attached hydrogens (primary N) is 1. The Kier molecular flexibility index (Phi) is 5.70. The number of para-hydroxylation sites is 1. The Hall–Kier alpha value is -2.64. The Morgan fingerprint density at radius 1 is 1.15 bits per heavy atom. The van der Waals surface area contributed by atoms with Gasteiger partial charge in [0.2, 0.25) is 5.91 Å². The third-order valence-corrected chi connectivity index (χ3v) is 5.53. The van der Waals surface area contributed by atoms with E-state index in [0.717, 1.165) is 15.5 Å². The molecule has 0 saturated heterocycles. The fourth-order valence-electron chi connectivity index (χ4n) is 2.24. The molecule has 0 atom stereocenters. The van der Waals surface area contributed by atoms with Crippen LogP contribution in [0.3, 0.4) is 0 Å². The van der Waals surface area contributed by atoms with E-state index in [1.165, 1.54) is 28.7 Å². The summed E-state index contributed by atoms with van der Waals surface area (Å²) in [7, 11) is 0. The van der Waals surface area contributed by atoms with Gasteiger partial charge in [-0.1, -0.05) is 42.0 Å². The van der Waals surface area contributed by atoms with Gasteiger partial charge in [-0.05, 0) is 19.1 Å². The van der Waals surface area contributed by atoms with Crippen LogP contribution in [0, 0.1) is 6.92 Å². The van der Waals surface area contributed by atoms with E-state index in [9.17, 15) is 9.59 Å². The molecule has 132 valence electrons. The van der Waals surface area contributed by atoms with Gasteiger partial charge in [-0.2, -0.15) is 0 Å². The lowest BCUT2D eigenvalue weighted by molar-refractivity contribution is -0.115. The third-order valence-electron chi connectivity index (χ3n) is 3.54. The van der Waals surface area contributed by atoms with Crippen LogP contribution in [-0.4, -0.2) is 22.6 Å². The molecule has 0 radical (unpaired) electrons. The second-order valence-electron chi connectivity index (χ2n) is 5.61. The van der Waals surface area contributed by atoms with Crippen LogP contribution < -0.4 is 11.1 Å². The maximum atomic E-state index is 12.5. The minimum Gasteiger partial charge on any atom is -0.369 e. The average molecular weight is 383 g/mol. The number of benzene rings is 2. The minimum absolute atomic E-state index is 0.154. The second kappa shape index (κ2) is 8.16. The number of hydrogen-bond donors (Lipinski definition) is 2. The number of aryl methyl sites for hydroxylation is 1. The van der Waals surface area contributed by atoms with Gasteiger partial charge in [-0.15, -0.1) is 23.1 Å². The highest BCUT2D eigenvalue weighted by atomic mass is 32.2. The van der Waals surface area contributed by atoms with Gasteiger partial charge >= 0.3 is 0 Å². The van der Waals surface area contributed by atoms with Gasteiger partial charge in [0.15, 0.2) is 0 Å². The molecule has 0 spiro atoms. The number of carbonyl (C=O) groups excluding carboxylic acids is 2.